The number of carbonyl (C=O) groups is 2. The molecule has 2 aliphatic heterocycles. The summed E-state index contributed by atoms with van der Waals surface area (Å²) in [6, 6.07) is 14.1. The lowest BCUT2D eigenvalue weighted by Gasteiger charge is -2.27. The van der Waals surface area contributed by atoms with Crippen LogP contribution in [0.1, 0.15) is 15.9 Å². The fraction of sp³-hybridized carbons (Fsp3) is 0.174. The van der Waals surface area contributed by atoms with Crippen LogP contribution < -0.4 is 14.8 Å². The van der Waals surface area contributed by atoms with Gasteiger partial charge in [0.25, 0.3) is 11.8 Å². The number of amides is 2. The van der Waals surface area contributed by atoms with Gasteiger partial charge in [0.05, 0.1) is 14.2 Å². The maximum atomic E-state index is 13.4. The molecule has 4 rings (SSSR count). The molecule has 2 aromatic rings. The van der Waals surface area contributed by atoms with Gasteiger partial charge in [0.1, 0.15) is 5.84 Å². The first-order chi connectivity index (χ1) is 14.6. The molecule has 2 amide bonds. The van der Waals surface area contributed by atoms with Crippen molar-refractivity contribution < 1.29 is 19.1 Å². The van der Waals surface area contributed by atoms with Crippen molar-refractivity contribution in [3.8, 4) is 11.5 Å². The molecule has 7 nitrogen and oxygen atoms in total. The molecule has 0 saturated carbocycles. The Morgan fingerprint density at radius 1 is 1.07 bits per heavy atom. The predicted molar refractivity (Wildman–Crippen MR) is 112 cm³/mol. The summed E-state index contributed by atoms with van der Waals surface area (Å²) < 4.78 is 10.9. The van der Waals surface area contributed by atoms with E-state index >= 15 is 0 Å². The number of amidine groups is 1. The Morgan fingerprint density at radius 3 is 2.57 bits per heavy atom. The first kappa shape index (κ1) is 19.4. The molecule has 1 N–H and O–H groups in total. The summed E-state index contributed by atoms with van der Waals surface area (Å²) in [6.45, 7) is 0. The van der Waals surface area contributed by atoms with E-state index < -0.39 is 5.66 Å². The predicted octanol–water partition coefficient (Wildman–Crippen LogP) is 2.70. The quantitative estimate of drug-likeness (QED) is 0.804. The maximum Gasteiger partial charge on any atom is 0.281 e. The summed E-state index contributed by atoms with van der Waals surface area (Å²) in [6.07, 6.45) is 7.02. The Hall–Kier alpha value is -3.87. The Morgan fingerprint density at radius 2 is 1.87 bits per heavy atom. The van der Waals surface area contributed by atoms with Crippen molar-refractivity contribution in [1.82, 2.24) is 10.2 Å². The number of carbonyl (C=O) groups excluding carboxylic acids is 2. The first-order valence-corrected chi connectivity index (χ1v) is 9.44. The minimum absolute atomic E-state index is 0.104. The normalized spacial score (nSPS) is 19.3. The number of benzene rings is 2. The van der Waals surface area contributed by atoms with Gasteiger partial charge in [-0.2, -0.15) is 0 Å². The lowest BCUT2D eigenvalue weighted by atomic mass is 9.97. The number of ether oxygens (including phenoxy) is 2. The van der Waals surface area contributed by atoms with Crippen molar-refractivity contribution in [1.29, 1.82) is 0 Å². The molecule has 1 atom stereocenters. The number of rotatable bonds is 6. The third-order valence-corrected chi connectivity index (χ3v) is 5.00. The van der Waals surface area contributed by atoms with Gasteiger partial charge in [-0.1, -0.05) is 36.4 Å². The summed E-state index contributed by atoms with van der Waals surface area (Å²) >= 11 is 0. The number of fused-ring (bicyclic) bond motifs is 1. The van der Waals surface area contributed by atoms with E-state index in [0.717, 1.165) is 0 Å². The highest BCUT2D eigenvalue weighted by Gasteiger charge is 2.49. The van der Waals surface area contributed by atoms with Crippen LogP contribution in [0.5, 0.6) is 11.5 Å². The van der Waals surface area contributed by atoms with Gasteiger partial charge in [0.2, 0.25) is 5.66 Å². The first-order valence-electron chi connectivity index (χ1n) is 9.44. The Bertz CT molecular complexity index is 1080. The second-order valence-corrected chi connectivity index (χ2v) is 6.86. The molecular weight excluding hydrogens is 382 g/mol. The number of nitrogens with zero attached hydrogens (tertiary/aromatic N) is 2. The van der Waals surface area contributed by atoms with Crippen LogP contribution in [0.15, 0.2) is 78.0 Å². The summed E-state index contributed by atoms with van der Waals surface area (Å²) in [5.41, 5.74) is -0.379. The van der Waals surface area contributed by atoms with Gasteiger partial charge >= 0.3 is 0 Å². The lowest BCUT2D eigenvalue weighted by molar-refractivity contribution is -0.130. The molecule has 0 bridgehead atoms. The van der Waals surface area contributed by atoms with Gasteiger partial charge in [-0.3, -0.25) is 14.5 Å². The number of nitrogens with one attached hydrogen (secondary N) is 1. The monoisotopic (exact) mass is 403 g/mol. The molecule has 2 heterocycles. The molecule has 2 aliphatic rings. The van der Waals surface area contributed by atoms with Crippen LogP contribution in [0.3, 0.4) is 0 Å². The SMILES string of the molecule is COc1cccc(C[C@]2(NC(=O)c3ccccc3)N=C3C=CC=CN3C2=O)c1OC. The van der Waals surface area contributed by atoms with Crippen LogP contribution in [0.25, 0.3) is 0 Å². The summed E-state index contributed by atoms with van der Waals surface area (Å²) in [5.74, 6) is 0.778. The average Bonchev–Trinajstić information content (AvgIpc) is 3.05. The van der Waals surface area contributed by atoms with E-state index in [1.54, 1.807) is 61.9 Å². The number of hydrogen-bond acceptors (Lipinski definition) is 5. The van der Waals surface area contributed by atoms with Crippen molar-refractivity contribution in [2.45, 2.75) is 12.1 Å². The zero-order valence-electron chi connectivity index (χ0n) is 16.7. The van der Waals surface area contributed by atoms with Crippen molar-refractivity contribution in [2.24, 2.45) is 4.99 Å². The Kier molecular flexibility index (Phi) is 5.10. The minimum Gasteiger partial charge on any atom is -0.493 e. The lowest BCUT2D eigenvalue weighted by Crippen LogP contribution is -2.55. The molecule has 0 radical (unpaired) electrons. The number of hydrogen-bond donors (Lipinski definition) is 1. The highest BCUT2D eigenvalue weighted by molar-refractivity contribution is 6.15. The van der Waals surface area contributed by atoms with E-state index in [-0.39, 0.29) is 18.2 Å². The van der Waals surface area contributed by atoms with Crippen LogP contribution >= 0.6 is 0 Å². The number of methoxy groups -OCH3 is 2. The van der Waals surface area contributed by atoms with E-state index in [1.807, 2.05) is 18.2 Å². The van der Waals surface area contributed by atoms with E-state index in [4.69, 9.17) is 9.47 Å². The average molecular weight is 403 g/mol. The Labute approximate surface area is 174 Å². The third kappa shape index (κ3) is 3.34. The molecule has 0 spiro atoms. The van der Waals surface area contributed by atoms with Crippen molar-refractivity contribution >= 4 is 17.6 Å². The second kappa shape index (κ2) is 7.87. The molecule has 0 aromatic heterocycles. The zero-order valence-corrected chi connectivity index (χ0v) is 16.7. The largest absolute Gasteiger partial charge is 0.493 e. The molecule has 2 aromatic carbocycles. The molecule has 152 valence electrons. The van der Waals surface area contributed by atoms with E-state index in [9.17, 15) is 9.59 Å². The number of aliphatic imine (C=N–C) groups is 1. The fourth-order valence-electron chi connectivity index (χ4n) is 3.60. The standard InChI is InChI=1S/C23H21N3O4/c1-29-18-12-8-11-17(20(18)30-2)15-23(25-21(27)16-9-4-3-5-10-16)22(28)26-14-7-6-13-19(26)24-23/h3-14H,15H2,1-2H3,(H,25,27)/t23-/m1/s1. The van der Waals surface area contributed by atoms with Gasteiger partial charge in [-0.15, -0.1) is 0 Å². The van der Waals surface area contributed by atoms with Crippen molar-refractivity contribution in [3.05, 3.63) is 84.1 Å². The molecule has 0 aliphatic carbocycles. The smallest absolute Gasteiger partial charge is 0.281 e. The van der Waals surface area contributed by atoms with Crippen LogP contribution in [0, 0.1) is 0 Å². The number of para-hydroxylation sites is 1. The van der Waals surface area contributed by atoms with Gasteiger partial charge in [0, 0.05) is 23.7 Å². The van der Waals surface area contributed by atoms with Gasteiger partial charge in [-0.25, -0.2) is 4.99 Å². The van der Waals surface area contributed by atoms with Crippen molar-refractivity contribution in [2.75, 3.05) is 14.2 Å². The minimum atomic E-state index is -1.51. The molecule has 0 saturated heterocycles. The Balaban J connectivity index is 1.77. The second-order valence-electron chi connectivity index (χ2n) is 6.86. The van der Waals surface area contributed by atoms with Crippen LogP contribution in [0.4, 0.5) is 0 Å². The molecule has 0 fully saturated rings. The third-order valence-electron chi connectivity index (χ3n) is 5.00. The summed E-state index contributed by atoms with van der Waals surface area (Å²) in [7, 11) is 3.08. The number of allylic oxidation sites excluding steroid dienone is 2. The molecule has 0 unspecified atom stereocenters. The van der Waals surface area contributed by atoms with Crippen LogP contribution in [0.2, 0.25) is 0 Å². The highest BCUT2D eigenvalue weighted by atomic mass is 16.5. The van der Waals surface area contributed by atoms with Gasteiger partial charge < -0.3 is 14.8 Å². The van der Waals surface area contributed by atoms with Crippen LogP contribution in [-0.4, -0.2) is 42.4 Å². The summed E-state index contributed by atoms with van der Waals surface area (Å²) in [4.78, 5) is 32.5. The topological polar surface area (TPSA) is 80.2 Å². The van der Waals surface area contributed by atoms with Crippen molar-refractivity contribution in [3.63, 3.8) is 0 Å². The van der Waals surface area contributed by atoms with E-state index in [2.05, 4.69) is 10.3 Å². The van der Waals surface area contributed by atoms with Gasteiger partial charge in [0.15, 0.2) is 11.5 Å². The van der Waals surface area contributed by atoms with Crippen LogP contribution in [-0.2, 0) is 11.2 Å². The maximum absolute atomic E-state index is 13.4. The van der Waals surface area contributed by atoms with E-state index in [1.165, 1.54) is 12.0 Å². The highest BCUT2D eigenvalue weighted by Crippen LogP contribution is 2.36. The fourth-order valence-corrected chi connectivity index (χ4v) is 3.60. The van der Waals surface area contributed by atoms with E-state index in [0.29, 0.717) is 28.5 Å². The van der Waals surface area contributed by atoms with Gasteiger partial charge in [-0.05, 0) is 30.4 Å². The zero-order chi connectivity index (χ0) is 21.1. The molecule has 30 heavy (non-hydrogen) atoms. The molecular formula is C23H21N3O4. The molecule has 7 heteroatoms. The summed E-state index contributed by atoms with van der Waals surface area (Å²) in [5, 5.41) is 2.87.